The minimum Gasteiger partial charge on any atom is -0.370 e. The lowest BCUT2D eigenvalue weighted by atomic mass is 10.2. The van der Waals surface area contributed by atoms with Gasteiger partial charge in [0.05, 0.1) is 11.4 Å². The number of nitrogens with zero attached hydrogens (tertiary/aromatic N) is 5. The van der Waals surface area contributed by atoms with Crippen LogP contribution in [0.25, 0.3) is 0 Å². The zero-order valence-corrected chi connectivity index (χ0v) is 17.3. The lowest BCUT2D eigenvalue weighted by Gasteiger charge is -2.36. The monoisotopic (exact) mass is 407 g/mol. The molecular formula is C22H25N5OS. The number of amides is 1. The van der Waals surface area contributed by atoms with Crippen molar-refractivity contribution in [3.63, 3.8) is 0 Å². The zero-order valence-electron chi connectivity index (χ0n) is 16.5. The number of hydrogen-bond acceptors (Lipinski definition) is 6. The van der Waals surface area contributed by atoms with E-state index in [0.29, 0.717) is 16.3 Å². The molecule has 0 spiro atoms. The molecule has 7 heteroatoms. The van der Waals surface area contributed by atoms with Gasteiger partial charge in [0.15, 0.2) is 0 Å². The largest absolute Gasteiger partial charge is 0.370 e. The van der Waals surface area contributed by atoms with E-state index in [-0.39, 0.29) is 5.91 Å². The number of carbonyl (C=O) groups excluding carboxylic acids is 1. The molecule has 0 radical (unpaired) electrons. The Bertz CT molecular complexity index is 884. The highest BCUT2D eigenvalue weighted by Crippen LogP contribution is 2.30. The van der Waals surface area contributed by atoms with Crippen LogP contribution in [0.15, 0.2) is 47.6 Å². The molecule has 0 aliphatic carbocycles. The van der Waals surface area contributed by atoms with E-state index in [0.717, 1.165) is 57.8 Å². The van der Waals surface area contributed by atoms with Crippen molar-refractivity contribution < 1.29 is 4.79 Å². The Hall–Kier alpha value is -2.72. The van der Waals surface area contributed by atoms with Gasteiger partial charge < -0.3 is 14.7 Å². The Morgan fingerprint density at radius 1 is 1.00 bits per heavy atom. The minimum atomic E-state index is 0.111. The van der Waals surface area contributed by atoms with E-state index < -0.39 is 0 Å². The van der Waals surface area contributed by atoms with E-state index >= 15 is 0 Å². The molecule has 4 rings (SSSR count). The molecule has 29 heavy (non-hydrogen) atoms. The lowest BCUT2D eigenvalue weighted by molar-refractivity contribution is -0.128. The van der Waals surface area contributed by atoms with Gasteiger partial charge in [0.1, 0.15) is 16.7 Å². The number of rotatable bonds is 5. The molecule has 1 amide bonds. The summed E-state index contributed by atoms with van der Waals surface area (Å²) in [5.74, 6) is 0.427. The second-order valence-electron chi connectivity index (χ2n) is 7.31. The fourth-order valence-electron chi connectivity index (χ4n) is 3.94. The van der Waals surface area contributed by atoms with Gasteiger partial charge in [0.2, 0.25) is 5.91 Å². The van der Waals surface area contributed by atoms with E-state index in [1.54, 1.807) is 6.20 Å². The van der Waals surface area contributed by atoms with E-state index in [9.17, 15) is 10.1 Å². The van der Waals surface area contributed by atoms with Crippen molar-refractivity contribution >= 4 is 29.0 Å². The Labute approximate surface area is 176 Å². The van der Waals surface area contributed by atoms with Crippen molar-refractivity contribution in [2.45, 2.75) is 17.9 Å². The first-order valence-corrected chi connectivity index (χ1v) is 11.1. The van der Waals surface area contributed by atoms with Crippen molar-refractivity contribution in [1.82, 2.24) is 9.88 Å². The van der Waals surface area contributed by atoms with Gasteiger partial charge in [-0.2, -0.15) is 5.26 Å². The summed E-state index contributed by atoms with van der Waals surface area (Å²) in [4.78, 5) is 23.6. The summed E-state index contributed by atoms with van der Waals surface area (Å²) < 4.78 is 0. The average molecular weight is 408 g/mol. The second kappa shape index (κ2) is 9.19. The van der Waals surface area contributed by atoms with Crippen LogP contribution in [0.5, 0.6) is 0 Å². The summed E-state index contributed by atoms with van der Waals surface area (Å²) in [6, 6.07) is 14.5. The van der Waals surface area contributed by atoms with Crippen LogP contribution in [-0.4, -0.2) is 60.8 Å². The first-order chi connectivity index (χ1) is 14.3. The first kappa shape index (κ1) is 19.6. The van der Waals surface area contributed by atoms with Gasteiger partial charge in [0.25, 0.3) is 0 Å². The lowest BCUT2D eigenvalue weighted by Crippen LogP contribution is -2.49. The van der Waals surface area contributed by atoms with Crippen molar-refractivity contribution in [2.24, 2.45) is 0 Å². The number of piperazine rings is 1. The van der Waals surface area contributed by atoms with Gasteiger partial charge in [0, 0.05) is 51.2 Å². The quantitative estimate of drug-likeness (QED) is 0.710. The SMILES string of the molecule is N#Cc1c(N2CCCC2)ccnc1SCC(=O)N1CCN(c2ccccc2)CC1. The predicted octanol–water partition coefficient (Wildman–Crippen LogP) is 2.99. The molecule has 2 fully saturated rings. The number of carbonyl (C=O) groups is 1. The molecule has 0 bridgehead atoms. The van der Waals surface area contributed by atoms with Gasteiger partial charge >= 0.3 is 0 Å². The maximum atomic E-state index is 12.7. The molecule has 2 aliphatic heterocycles. The molecule has 1 aromatic heterocycles. The number of pyridine rings is 1. The topological polar surface area (TPSA) is 63.5 Å². The van der Waals surface area contributed by atoms with Crippen molar-refractivity contribution in [2.75, 3.05) is 54.8 Å². The molecule has 3 heterocycles. The third kappa shape index (κ3) is 4.48. The van der Waals surface area contributed by atoms with Crippen LogP contribution in [0.4, 0.5) is 11.4 Å². The van der Waals surface area contributed by atoms with E-state index in [1.807, 2.05) is 29.2 Å². The molecular weight excluding hydrogens is 382 g/mol. The van der Waals surface area contributed by atoms with Gasteiger partial charge in [-0.05, 0) is 31.0 Å². The van der Waals surface area contributed by atoms with Crippen LogP contribution in [0.1, 0.15) is 18.4 Å². The van der Waals surface area contributed by atoms with Gasteiger partial charge in [-0.15, -0.1) is 0 Å². The molecule has 0 atom stereocenters. The summed E-state index contributed by atoms with van der Waals surface area (Å²) in [6.45, 7) is 5.08. The minimum absolute atomic E-state index is 0.111. The summed E-state index contributed by atoms with van der Waals surface area (Å²) in [5.41, 5.74) is 2.75. The van der Waals surface area contributed by atoms with Crippen LogP contribution in [0, 0.1) is 11.3 Å². The number of hydrogen-bond donors (Lipinski definition) is 0. The second-order valence-corrected chi connectivity index (χ2v) is 8.27. The highest BCUT2D eigenvalue weighted by Gasteiger charge is 2.23. The predicted molar refractivity (Wildman–Crippen MR) is 116 cm³/mol. The highest BCUT2D eigenvalue weighted by molar-refractivity contribution is 8.00. The molecule has 2 aromatic rings. The molecule has 150 valence electrons. The highest BCUT2D eigenvalue weighted by atomic mass is 32.2. The number of nitriles is 1. The summed E-state index contributed by atoms with van der Waals surface area (Å²) in [5, 5.41) is 10.3. The number of aromatic nitrogens is 1. The number of benzene rings is 1. The van der Waals surface area contributed by atoms with Crippen LogP contribution in [0.2, 0.25) is 0 Å². The van der Waals surface area contributed by atoms with E-state index in [4.69, 9.17) is 0 Å². The molecule has 0 N–H and O–H groups in total. The maximum absolute atomic E-state index is 12.7. The van der Waals surface area contributed by atoms with E-state index in [1.165, 1.54) is 17.4 Å². The average Bonchev–Trinajstić information content (AvgIpc) is 3.32. The van der Waals surface area contributed by atoms with Gasteiger partial charge in [-0.3, -0.25) is 4.79 Å². The number of thioether (sulfide) groups is 1. The molecule has 0 unspecified atom stereocenters. The zero-order chi connectivity index (χ0) is 20.1. The molecule has 6 nitrogen and oxygen atoms in total. The summed E-state index contributed by atoms with van der Waals surface area (Å²) in [7, 11) is 0. The molecule has 1 aromatic carbocycles. The number of anilines is 2. The Morgan fingerprint density at radius 3 is 2.41 bits per heavy atom. The Kier molecular flexibility index (Phi) is 6.20. The Balaban J connectivity index is 1.34. The molecule has 2 aliphatic rings. The number of para-hydroxylation sites is 1. The maximum Gasteiger partial charge on any atom is 0.233 e. The fraction of sp³-hybridized carbons (Fsp3) is 0.409. The smallest absolute Gasteiger partial charge is 0.233 e. The molecule has 2 saturated heterocycles. The third-order valence-corrected chi connectivity index (χ3v) is 6.51. The Morgan fingerprint density at radius 2 is 1.72 bits per heavy atom. The standard InChI is InChI=1S/C22H25N5OS/c23-16-19-20(26-10-4-5-11-26)8-9-24-22(19)29-17-21(28)27-14-12-25(13-15-27)18-6-2-1-3-7-18/h1-3,6-9H,4-5,10-15,17H2. The van der Waals surface area contributed by atoms with Crippen molar-refractivity contribution in [3.8, 4) is 6.07 Å². The van der Waals surface area contributed by atoms with Crippen LogP contribution >= 0.6 is 11.8 Å². The summed E-state index contributed by atoms with van der Waals surface area (Å²) >= 11 is 1.38. The first-order valence-electron chi connectivity index (χ1n) is 10.1. The molecule has 0 saturated carbocycles. The van der Waals surface area contributed by atoms with Crippen LogP contribution < -0.4 is 9.80 Å². The van der Waals surface area contributed by atoms with Crippen LogP contribution in [0.3, 0.4) is 0 Å². The fourth-order valence-corrected chi connectivity index (χ4v) is 4.82. The van der Waals surface area contributed by atoms with Crippen molar-refractivity contribution in [3.05, 3.63) is 48.2 Å². The van der Waals surface area contributed by atoms with Crippen molar-refractivity contribution in [1.29, 1.82) is 5.26 Å². The summed E-state index contributed by atoms with van der Waals surface area (Å²) in [6.07, 6.45) is 4.06. The van der Waals surface area contributed by atoms with Gasteiger partial charge in [-0.1, -0.05) is 30.0 Å². The van der Waals surface area contributed by atoms with E-state index in [2.05, 4.69) is 33.0 Å². The van der Waals surface area contributed by atoms with Crippen LogP contribution in [-0.2, 0) is 4.79 Å². The third-order valence-electron chi connectivity index (χ3n) is 5.54. The van der Waals surface area contributed by atoms with Gasteiger partial charge in [-0.25, -0.2) is 4.98 Å². The normalized spacial score (nSPS) is 16.7.